The maximum absolute atomic E-state index is 12.0. The van der Waals surface area contributed by atoms with E-state index in [1.807, 2.05) is 30.9 Å². The average molecular weight is 232 g/mol. The Hall–Kier alpha value is -1.51. The van der Waals surface area contributed by atoms with Crippen molar-refractivity contribution < 1.29 is 4.79 Å². The molecular formula is C14H20N2O. The van der Waals surface area contributed by atoms with Crippen LogP contribution in [-0.2, 0) is 0 Å². The second-order valence-electron chi connectivity index (χ2n) is 4.80. The molecule has 1 heterocycles. The third-order valence-electron chi connectivity index (χ3n) is 3.28. The Kier molecular flexibility index (Phi) is 3.67. The van der Waals surface area contributed by atoms with Gasteiger partial charge in [0.2, 0.25) is 0 Å². The van der Waals surface area contributed by atoms with Gasteiger partial charge in [-0.2, -0.15) is 0 Å². The minimum absolute atomic E-state index is 0.0402. The lowest BCUT2D eigenvalue weighted by molar-refractivity contribution is 0.200. The monoisotopic (exact) mass is 232 g/mol. The number of nitrogens with zero attached hydrogens (tertiary/aromatic N) is 1. The van der Waals surface area contributed by atoms with Crippen LogP contribution >= 0.6 is 0 Å². The number of hydrogen-bond acceptors (Lipinski definition) is 1. The van der Waals surface area contributed by atoms with Crippen LogP contribution in [0.25, 0.3) is 0 Å². The van der Waals surface area contributed by atoms with Crippen molar-refractivity contribution in [2.75, 3.05) is 18.4 Å². The topological polar surface area (TPSA) is 32.3 Å². The van der Waals surface area contributed by atoms with Gasteiger partial charge >= 0.3 is 6.03 Å². The van der Waals surface area contributed by atoms with Crippen LogP contribution in [0.15, 0.2) is 18.2 Å². The van der Waals surface area contributed by atoms with Gasteiger partial charge in [0.1, 0.15) is 0 Å². The highest BCUT2D eigenvalue weighted by Crippen LogP contribution is 2.18. The summed E-state index contributed by atoms with van der Waals surface area (Å²) in [5.41, 5.74) is 3.21. The van der Waals surface area contributed by atoms with Gasteiger partial charge in [0.15, 0.2) is 0 Å². The summed E-state index contributed by atoms with van der Waals surface area (Å²) in [6.07, 6.45) is 3.49. The highest BCUT2D eigenvalue weighted by molar-refractivity contribution is 5.90. The molecule has 0 aliphatic carbocycles. The summed E-state index contributed by atoms with van der Waals surface area (Å²) in [7, 11) is 0. The first-order valence-electron chi connectivity index (χ1n) is 6.30. The summed E-state index contributed by atoms with van der Waals surface area (Å²) < 4.78 is 0. The molecule has 0 unspecified atom stereocenters. The van der Waals surface area contributed by atoms with Gasteiger partial charge in [-0.3, -0.25) is 0 Å². The Morgan fingerprint density at radius 1 is 1.18 bits per heavy atom. The number of urea groups is 1. The molecule has 0 radical (unpaired) electrons. The molecule has 0 saturated carbocycles. The van der Waals surface area contributed by atoms with Crippen molar-refractivity contribution >= 4 is 11.7 Å². The van der Waals surface area contributed by atoms with E-state index in [2.05, 4.69) is 11.4 Å². The molecular weight excluding hydrogens is 212 g/mol. The largest absolute Gasteiger partial charge is 0.325 e. The van der Waals surface area contributed by atoms with Gasteiger partial charge in [-0.15, -0.1) is 0 Å². The first-order chi connectivity index (χ1) is 8.16. The van der Waals surface area contributed by atoms with Crippen molar-refractivity contribution in [3.8, 4) is 0 Å². The Bertz CT molecular complexity index is 409. The van der Waals surface area contributed by atoms with Crippen molar-refractivity contribution in [2.45, 2.75) is 33.1 Å². The number of aryl methyl sites for hydroxylation is 2. The molecule has 2 rings (SSSR count). The number of rotatable bonds is 1. The lowest BCUT2D eigenvalue weighted by Gasteiger charge is -2.27. The van der Waals surface area contributed by atoms with Crippen LogP contribution in [0.2, 0.25) is 0 Å². The van der Waals surface area contributed by atoms with Crippen molar-refractivity contribution in [2.24, 2.45) is 0 Å². The molecule has 0 atom stereocenters. The van der Waals surface area contributed by atoms with Crippen LogP contribution in [0.4, 0.5) is 10.5 Å². The van der Waals surface area contributed by atoms with E-state index in [-0.39, 0.29) is 6.03 Å². The summed E-state index contributed by atoms with van der Waals surface area (Å²) in [6, 6.07) is 6.17. The Balaban J connectivity index is 2.04. The van der Waals surface area contributed by atoms with Gasteiger partial charge in [-0.25, -0.2) is 4.79 Å². The van der Waals surface area contributed by atoms with E-state index >= 15 is 0 Å². The van der Waals surface area contributed by atoms with Crippen LogP contribution in [0.5, 0.6) is 0 Å². The lowest BCUT2D eigenvalue weighted by Crippen LogP contribution is -2.38. The number of hydrogen-bond donors (Lipinski definition) is 1. The SMILES string of the molecule is Cc1ccc(C)c(NC(=O)N2CCCCC2)c1. The third-order valence-corrected chi connectivity index (χ3v) is 3.28. The Morgan fingerprint density at radius 2 is 1.88 bits per heavy atom. The van der Waals surface area contributed by atoms with E-state index in [1.165, 1.54) is 12.0 Å². The fourth-order valence-corrected chi connectivity index (χ4v) is 2.16. The molecule has 92 valence electrons. The summed E-state index contributed by atoms with van der Waals surface area (Å²) in [5, 5.41) is 3.01. The molecule has 1 fully saturated rings. The first-order valence-corrected chi connectivity index (χ1v) is 6.30. The molecule has 3 nitrogen and oxygen atoms in total. The number of piperidine rings is 1. The van der Waals surface area contributed by atoms with Gasteiger partial charge in [0.05, 0.1) is 0 Å². The number of benzene rings is 1. The number of carbonyl (C=O) groups excluding carboxylic acids is 1. The molecule has 17 heavy (non-hydrogen) atoms. The number of likely N-dealkylation sites (tertiary alicyclic amines) is 1. The number of carbonyl (C=O) groups is 1. The zero-order valence-corrected chi connectivity index (χ0v) is 10.6. The van der Waals surface area contributed by atoms with Crippen molar-refractivity contribution in [3.63, 3.8) is 0 Å². The van der Waals surface area contributed by atoms with Gasteiger partial charge in [-0.05, 0) is 50.3 Å². The highest BCUT2D eigenvalue weighted by atomic mass is 16.2. The van der Waals surface area contributed by atoms with E-state index in [4.69, 9.17) is 0 Å². The standard InChI is InChI=1S/C14H20N2O/c1-11-6-7-12(2)13(10-11)15-14(17)16-8-4-3-5-9-16/h6-7,10H,3-5,8-9H2,1-2H3,(H,15,17). The van der Waals surface area contributed by atoms with Crippen LogP contribution < -0.4 is 5.32 Å². The van der Waals surface area contributed by atoms with Gasteiger partial charge in [0, 0.05) is 18.8 Å². The summed E-state index contributed by atoms with van der Waals surface area (Å²) in [6.45, 7) is 5.83. The minimum Gasteiger partial charge on any atom is -0.325 e. The molecule has 1 aromatic carbocycles. The fourth-order valence-electron chi connectivity index (χ4n) is 2.16. The predicted octanol–water partition coefficient (Wildman–Crippen LogP) is 3.32. The number of anilines is 1. The fraction of sp³-hybridized carbons (Fsp3) is 0.500. The van der Waals surface area contributed by atoms with Crippen molar-refractivity contribution in [3.05, 3.63) is 29.3 Å². The average Bonchev–Trinajstić information content (AvgIpc) is 2.35. The van der Waals surface area contributed by atoms with Crippen LogP contribution in [0, 0.1) is 13.8 Å². The van der Waals surface area contributed by atoms with Crippen molar-refractivity contribution in [1.82, 2.24) is 4.90 Å². The van der Waals surface area contributed by atoms with E-state index < -0.39 is 0 Å². The Morgan fingerprint density at radius 3 is 2.59 bits per heavy atom. The van der Waals surface area contributed by atoms with E-state index in [9.17, 15) is 4.79 Å². The minimum atomic E-state index is 0.0402. The maximum Gasteiger partial charge on any atom is 0.321 e. The van der Waals surface area contributed by atoms with Crippen LogP contribution in [0.3, 0.4) is 0 Å². The maximum atomic E-state index is 12.0. The summed E-state index contributed by atoms with van der Waals surface area (Å²) in [5.74, 6) is 0. The van der Waals surface area contributed by atoms with Gasteiger partial charge in [0.25, 0.3) is 0 Å². The van der Waals surface area contributed by atoms with Crippen LogP contribution in [-0.4, -0.2) is 24.0 Å². The predicted molar refractivity (Wildman–Crippen MR) is 70.4 cm³/mol. The van der Waals surface area contributed by atoms with Crippen LogP contribution in [0.1, 0.15) is 30.4 Å². The second-order valence-corrected chi connectivity index (χ2v) is 4.80. The molecule has 1 aliphatic rings. The number of amides is 2. The molecule has 3 heteroatoms. The van der Waals surface area contributed by atoms with Gasteiger partial charge in [-0.1, -0.05) is 12.1 Å². The second kappa shape index (κ2) is 5.21. The smallest absolute Gasteiger partial charge is 0.321 e. The third kappa shape index (κ3) is 2.99. The zero-order chi connectivity index (χ0) is 12.3. The van der Waals surface area contributed by atoms with E-state index in [1.54, 1.807) is 0 Å². The first kappa shape index (κ1) is 12.0. The molecule has 2 amide bonds. The molecule has 1 saturated heterocycles. The summed E-state index contributed by atoms with van der Waals surface area (Å²) >= 11 is 0. The molecule has 0 bridgehead atoms. The van der Waals surface area contributed by atoms with Gasteiger partial charge < -0.3 is 10.2 Å². The molecule has 1 aliphatic heterocycles. The highest BCUT2D eigenvalue weighted by Gasteiger charge is 2.16. The van der Waals surface area contributed by atoms with E-state index in [0.717, 1.165) is 37.2 Å². The molecule has 0 spiro atoms. The summed E-state index contributed by atoms with van der Waals surface area (Å²) in [4.78, 5) is 14.0. The Labute approximate surface area is 103 Å². The molecule has 0 aromatic heterocycles. The molecule has 1 aromatic rings. The lowest BCUT2D eigenvalue weighted by atomic mass is 10.1. The van der Waals surface area contributed by atoms with E-state index in [0.29, 0.717) is 0 Å². The quantitative estimate of drug-likeness (QED) is 0.791. The van der Waals surface area contributed by atoms with Crippen molar-refractivity contribution in [1.29, 1.82) is 0 Å². The number of nitrogens with one attached hydrogen (secondary N) is 1. The normalized spacial score (nSPS) is 15.8. The molecule has 1 N–H and O–H groups in total. The zero-order valence-electron chi connectivity index (χ0n) is 10.6.